The molecule has 2 heterocycles. The first-order valence-corrected chi connectivity index (χ1v) is 8.98. The van der Waals surface area contributed by atoms with Gasteiger partial charge in [0, 0.05) is 12.1 Å². The number of benzene rings is 1. The average molecular weight is 355 g/mol. The van der Waals surface area contributed by atoms with Crippen molar-refractivity contribution in [3.63, 3.8) is 0 Å². The predicted octanol–water partition coefficient (Wildman–Crippen LogP) is 3.90. The zero-order valence-corrected chi connectivity index (χ0v) is 15.4. The zero-order chi connectivity index (χ0) is 17.9. The number of fused-ring (bicyclic) bond motifs is 1. The molecule has 0 fully saturated rings. The van der Waals surface area contributed by atoms with Crippen molar-refractivity contribution in [2.45, 2.75) is 32.9 Å². The smallest absolute Gasteiger partial charge is 0.261 e. The number of thiophene rings is 1. The van der Waals surface area contributed by atoms with Gasteiger partial charge in [-0.2, -0.15) is 0 Å². The molecule has 0 aliphatic rings. The predicted molar refractivity (Wildman–Crippen MR) is 99.7 cm³/mol. The van der Waals surface area contributed by atoms with Gasteiger partial charge in [0.2, 0.25) is 5.88 Å². The molecule has 3 aromatic rings. The van der Waals surface area contributed by atoms with Crippen molar-refractivity contribution in [3.05, 3.63) is 53.7 Å². The molecule has 0 aliphatic heterocycles. The lowest BCUT2D eigenvalue weighted by molar-refractivity contribution is -0.139. The molecule has 0 radical (unpaired) electrons. The molecule has 3 rings (SSSR count). The van der Waals surface area contributed by atoms with Crippen molar-refractivity contribution in [3.8, 4) is 5.88 Å². The molecule has 0 saturated heterocycles. The van der Waals surface area contributed by atoms with Gasteiger partial charge < -0.3 is 9.64 Å². The van der Waals surface area contributed by atoms with Crippen molar-refractivity contribution >= 4 is 27.5 Å². The minimum atomic E-state index is -0.306. The molecule has 5 nitrogen and oxygen atoms in total. The molecule has 1 aromatic carbocycles. The standard InChI is InChI=1S/C19H21N3O2S/c1-19(2,3)22(11-14-7-5-4-6-8-14)16(23)12-24-17-15-9-10-25-18(15)21-13-20-17/h4-10,13H,11-12H2,1-3H3. The summed E-state index contributed by atoms with van der Waals surface area (Å²) in [7, 11) is 0. The van der Waals surface area contributed by atoms with Gasteiger partial charge in [0.05, 0.1) is 5.39 Å². The van der Waals surface area contributed by atoms with E-state index in [1.807, 2.05) is 67.4 Å². The van der Waals surface area contributed by atoms with Gasteiger partial charge in [0.1, 0.15) is 11.2 Å². The summed E-state index contributed by atoms with van der Waals surface area (Å²) < 4.78 is 5.72. The lowest BCUT2D eigenvalue weighted by atomic mass is 10.0. The lowest BCUT2D eigenvalue weighted by Gasteiger charge is -2.35. The summed E-state index contributed by atoms with van der Waals surface area (Å²) in [6, 6.07) is 11.9. The SMILES string of the molecule is CC(C)(C)N(Cc1ccccc1)C(=O)COc1ncnc2sccc12. The van der Waals surface area contributed by atoms with Crippen molar-refractivity contribution < 1.29 is 9.53 Å². The summed E-state index contributed by atoms with van der Waals surface area (Å²) in [6.45, 7) is 6.57. The van der Waals surface area contributed by atoms with Gasteiger partial charge in [-0.05, 0) is 37.8 Å². The largest absolute Gasteiger partial charge is 0.467 e. The van der Waals surface area contributed by atoms with E-state index in [-0.39, 0.29) is 18.1 Å². The van der Waals surface area contributed by atoms with E-state index in [2.05, 4.69) is 9.97 Å². The Balaban J connectivity index is 1.73. The Morgan fingerprint density at radius 3 is 2.64 bits per heavy atom. The molecule has 0 spiro atoms. The maximum absolute atomic E-state index is 12.8. The molecule has 0 saturated carbocycles. The third-order valence-corrected chi connectivity index (χ3v) is 4.67. The molecule has 0 unspecified atom stereocenters. The third-order valence-electron chi connectivity index (χ3n) is 3.85. The van der Waals surface area contributed by atoms with Crippen LogP contribution in [0.15, 0.2) is 48.1 Å². The second kappa shape index (κ2) is 7.19. The molecule has 0 aliphatic carbocycles. The monoisotopic (exact) mass is 355 g/mol. The summed E-state index contributed by atoms with van der Waals surface area (Å²) in [6.07, 6.45) is 1.46. The first kappa shape index (κ1) is 17.4. The fraction of sp³-hybridized carbons (Fsp3) is 0.316. The van der Waals surface area contributed by atoms with Crippen LogP contribution in [0, 0.1) is 0 Å². The third kappa shape index (κ3) is 4.14. The molecule has 130 valence electrons. The Labute approximate surface area is 151 Å². The summed E-state index contributed by atoms with van der Waals surface area (Å²) in [5.41, 5.74) is 0.785. The van der Waals surface area contributed by atoms with Crippen LogP contribution >= 0.6 is 11.3 Å². The second-order valence-corrected chi connectivity index (χ2v) is 7.64. The Kier molecular flexibility index (Phi) is 4.99. The number of hydrogen-bond donors (Lipinski definition) is 0. The Bertz CT molecular complexity index is 856. The first-order valence-electron chi connectivity index (χ1n) is 8.10. The van der Waals surface area contributed by atoms with Crippen molar-refractivity contribution in [1.29, 1.82) is 0 Å². The molecule has 25 heavy (non-hydrogen) atoms. The van der Waals surface area contributed by atoms with Gasteiger partial charge in [-0.3, -0.25) is 4.79 Å². The fourth-order valence-electron chi connectivity index (χ4n) is 2.56. The number of nitrogens with zero attached hydrogens (tertiary/aromatic N) is 3. The van der Waals surface area contributed by atoms with Crippen LogP contribution in [-0.2, 0) is 11.3 Å². The van der Waals surface area contributed by atoms with Crippen LogP contribution in [0.1, 0.15) is 26.3 Å². The summed E-state index contributed by atoms with van der Waals surface area (Å²) in [4.78, 5) is 23.8. The molecular formula is C19H21N3O2S. The van der Waals surface area contributed by atoms with E-state index in [0.717, 1.165) is 15.8 Å². The Morgan fingerprint density at radius 1 is 1.16 bits per heavy atom. The number of rotatable bonds is 5. The van der Waals surface area contributed by atoms with Crippen molar-refractivity contribution in [2.75, 3.05) is 6.61 Å². The normalized spacial score (nSPS) is 11.5. The topological polar surface area (TPSA) is 55.3 Å². The van der Waals surface area contributed by atoms with Gasteiger partial charge in [-0.25, -0.2) is 9.97 Å². The highest BCUT2D eigenvalue weighted by Crippen LogP contribution is 2.25. The van der Waals surface area contributed by atoms with Gasteiger partial charge in [-0.1, -0.05) is 30.3 Å². The highest BCUT2D eigenvalue weighted by Gasteiger charge is 2.27. The van der Waals surface area contributed by atoms with E-state index < -0.39 is 0 Å². The Hall–Kier alpha value is -2.47. The van der Waals surface area contributed by atoms with E-state index in [4.69, 9.17) is 4.74 Å². The van der Waals surface area contributed by atoms with Crippen LogP contribution in [0.4, 0.5) is 0 Å². The molecular weight excluding hydrogens is 334 g/mol. The molecule has 1 amide bonds. The minimum absolute atomic E-state index is 0.0495. The molecule has 0 atom stereocenters. The van der Waals surface area contributed by atoms with E-state index >= 15 is 0 Å². The van der Waals surface area contributed by atoms with E-state index in [0.29, 0.717) is 12.4 Å². The quantitative estimate of drug-likeness (QED) is 0.696. The number of ether oxygens (including phenoxy) is 1. The maximum Gasteiger partial charge on any atom is 0.261 e. The van der Waals surface area contributed by atoms with Crippen LogP contribution in [0.25, 0.3) is 10.2 Å². The van der Waals surface area contributed by atoms with E-state index in [9.17, 15) is 4.79 Å². The molecule has 2 aromatic heterocycles. The van der Waals surface area contributed by atoms with E-state index in [1.165, 1.54) is 17.7 Å². The van der Waals surface area contributed by atoms with Crippen LogP contribution in [0.3, 0.4) is 0 Å². The summed E-state index contributed by atoms with van der Waals surface area (Å²) in [5.74, 6) is 0.381. The molecule has 0 bridgehead atoms. The maximum atomic E-state index is 12.8. The Morgan fingerprint density at radius 2 is 1.92 bits per heavy atom. The highest BCUT2D eigenvalue weighted by molar-refractivity contribution is 7.16. The summed E-state index contributed by atoms with van der Waals surface area (Å²) in [5, 5.41) is 2.77. The van der Waals surface area contributed by atoms with Gasteiger partial charge in [0.25, 0.3) is 5.91 Å². The number of hydrogen-bond acceptors (Lipinski definition) is 5. The van der Waals surface area contributed by atoms with Crippen molar-refractivity contribution in [1.82, 2.24) is 14.9 Å². The summed E-state index contributed by atoms with van der Waals surface area (Å²) >= 11 is 1.52. The first-order chi connectivity index (χ1) is 11.9. The van der Waals surface area contributed by atoms with Crippen molar-refractivity contribution in [2.24, 2.45) is 0 Å². The van der Waals surface area contributed by atoms with Crippen LogP contribution in [0.5, 0.6) is 5.88 Å². The molecule has 0 N–H and O–H groups in total. The fourth-order valence-corrected chi connectivity index (χ4v) is 3.28. The number of carbonyl (C=O) groups excluding carboxylic acids is 1. The number of aromatic nitrogens is 2. The van der Waals surface area contributed by atoms with Gasteiger partial charge in [0.15, 0.2) is 6.61 Å². The van der Waals surface area contributed by atoms with Crippen LogP contribution < -0.4 is 4.74 Å². The zero-order valence-electron chi connectivity index (χ0n) is 14.6. The minimum Gasteiger partial charge on any atom is -0.467 e. The second-order valence-electron chi connectivity index (χ2n) is 6.74. The van der Waals surface area contributed by atoms with Crippen LogP contribution in [-0.4, -0.2) is 32.9 Å². The van der Waals surface area contributed by atoms with Gasteiger partial charge in [-0.15, -0.1) is 11.3 Å². The number of carbonyl (C=O) groups is 1. The van der Waals surface area contributed by atoms with Gasteiger partial charge >= 0.3 is 0 Å². The highest BCUT2D eigenvalue weighted by atomic mass is 32.1. The average Bonchev–Trinajstić information content (AvgIpc) is 3.06. The molecule has 6 heteroatoms. The van der Waals surface area contributed by atoms with E-state index in [1.54, 1.807) is 0 Å². The number of amides is 1. The lowest BCUT2D eigenvalue weighted by Crippen LogP contribution is -2.47. The van der Waals surface area contributed by atoms with Crippen LogP contribution in [0.2, 0.25) is 0 Å².